The van der Waals surface area contributed by atoms with Crippen LogP contribution in [0.25, 0.3) is 0 Å². The highest BCUT2D eigenvalue weighted by atomic mass is 127. The van der Waals surface area contributed by atoms with E-state index in [2.05, 4.69) is 49.9 Å². The van der Waals surface area contributed by atoms with Crippen LogP contribution in [0.15, 0.2) is 47.7 Å². The Labute approximate surface area is 161 Å². The van der Waals surface area contributed by atoms with Crippen LogP contribution < -0.4 is 15.5 Å². The zero-order chi connectivity index (χ0) is 16.5. The normalized spacial score (nSPS) is 10.9. The van der Waals surface area contributed by atoms with Gasteiger partial charge in [0, 0.05) is 58.9 Å². The van der Waals surface area contributed by atoms with Crippen molar-refractivity contribution in [1.29, 1.82) is 0 Å². The van der Waals surface area contributed by atoms with Gasteiger partial charge in [0.2, 0.25) is 0 Å². The van der Waals surface area contributed by atoms with Gasteiger partial charge in [0.1, 0.15) is 0 Å². The second kappa shape index (κ2) is 10.9. The maximum absolute atomic E-state index is 4.25. The Balaban J connectivity index is 0.00000288. The Morgan fingerprint density at radius 2 is 1.96 bits per heavy atom. The molecule has 24 heavy (non-hydrogen) atoms. The van der Waals surface area contributed by atoms with E-state index in [1.807, 2.05) is 31.0 Å². The zero-order valence-corrected chi connectivity index (χ0v) is 16.9. The standard InChI is InChI=1S/C17H26N6.HI/c1-18-17(19-10-4-12-23-13-5-11-21-23)20-14-15-6-8-16(9-7-15)22(2)3;/h5-9,11,13H,4,10,12,14H2,1-3H3,(H2,18,19,20);1H. The zero-order valence-electron chi connectivity index (χ0n) is 14.6. The molecule has 0 saturated carbocycles. The molecule has 0 atom stereocenters. The predicted molar refractivity (Wildman–Crippen MR) is 111 cm³/mol. The summed E-state index contributed by atoms with van der Waals surface area (Å²) in [6.45, 7) is 2.52. The van der Waals surface area contributed by atoms with Crippen molar-refractivity contribution < 1.29 is 0 Å². The lowest BCUT2D eigenvalue weighted by molar-refractivity contribution is 0.570. The second-order valence-electron chi connectivity index (χ2n) is 5.54. The van der Waals surface area contributed by atoms with E-state index in [1.165, 1.54) is 11.3 Å². The number of rotatable bonds is 7. The Morgan fingerprint density at radius 1 is 1.21 bits per heavy atom. The number of guanidine groups is 1. The third-order valence-corrected chi connectivity index (χ3v) is 3.55. The summed E-state index contributed by atoms with van der Waals surface area (Å²) in [5.41, 5.74) is 2.44. The minimum atomic E-state index is 0. The molecule has 2 N–H and O–H groups in total. The highest BCUT2D eigenvalue weighted by Crippen LogP contribution is 2.11. The van der Waals surface area contributed by atoms with Gasteiger partial charge in [0.25, 0.3) is 0 Å². The van der Waals surface area contributed by atoms with Crippen LogP contribution in [0.3, 0.4) is 0 Å². The quantitative estimate of drug-likeness (QED) is 0.299. The molecule has 6 nitrogen and oxygen atoms in total. The average molecular weight is 442 g/mol. The minimum absolute atomic E-state index is 0. The number of hydrogen-bond donors (Lipinski definition) is 2. The van der Waals surface area contributed by atoms with E-state index in [0.717, 1.165) is 32.0 Å². The van der Waals surface area contributed by atoms with E-state index in [-0.39, 0.29) is 24.0 Å². The van der Waals surface area contributed by atoms with Crippen molar-refractivity contribution in [2.75, 3.05) is 32.6 Å². The van der Waals surface area contributed by atoms with Crippen molar-refractivity contribution in [2.45, 2.75) is 19.5 Å². The first kappa shape index (κ1) is 20.3. The molecule has 1 aromatic heterocycles. The molecule has 132 valence electrons. The number of nitrogens with zero attached hydrogens (tertiary/aromatic N) is 4. The van der Waals surface area contributed by atoms with Crippen molar-refractivity contribution in [2.24, 2.45) is 4.99 Å². The Morgan fingerprint density at radius 3 is 2.54 bits per heavy atom. The van der Waals surface area contributed by atoms with E-state index in [4.69, 9.17) is 0 Å². The molecule has 0 unspecified atom stereocenters. The maximum Gasteiger partial charge on any atom is 0.191 e. The lowest BCUT2D eigenvalue weighted by atomic mass is 10.2. The number of halogens is 1. The van der Waals surface area contributed by atoms with Crippen LogP contribution in [0, 0.1) is 0 Å². The fourth-order valence-corrected chi connectivity index (χ4v) is 2.20. The van der Waals surface area contributed by atoms with Crippen molar-refractivity contribution in [1.82, 2.24) is 20.4 Å². The van der Waals surface area contributed by atoms with Crippen molar-refractivity contribution in [3.63, 3.8) is 0 Å². The lowest BCUT2D eigenvalue weighted by Crippen LogP contribution is -2.37. The Kier molecular flexibility index (Phi) is 9.21. The molecule has 0 fully saturated rings. The monoisotopic (exact) mass is 442 g/mol. The summed E-state index contributed by atoms with van der Waals surface area (Å²) < 4.78 is 1.93. The first-order valence-corrected chi connectivity index (χ1v) is 7.87. The molecule has 0 radical (unpaired) electrons. The van der Waals surface area contributed by atoms with Crippen molar-refractivity contribution in [3.05, 3.63) is 48.3 Å². The topological polar surface area (TPSA) is 57.5 Å². The summed E-state index contributed by atoms with van der Waals surface area (Å²) >= 11 is 0. The minimum Gasteiger partial charge on any atom is -0.378 e. The molecule has 0 bridgehead atoms. The highest BCUT2D eigenvalue weighted by Gasteiger charge is 2.00. The van der Waals surface area contributed by atoms with Gasteiger partial charge >= 0.3 is 0 Å². The van der Waals surface area contributed by atoms with Crippen LogP contribution in [0.4, 0.5) is 5.69 Å². The highest BCUT2D eigenvalue weighted by molar-refractivity contribution is 14.0. The molecule has 0 aliphatic heterocycles. The number of anilines is 1. The Bertz CT molecular complexity index is 592. The second-order valence-corrected chi connectivity index (χ2v) is 5.54. The smallest absolute Gasteiger partial charge is 0.191 e. The summed E-state index contributed by atoms with van der Waals surface area (Å²) in [6, 6.07) is 10.4. The van der Waals surface area contributed by atoms with Gasteiger partial charge in [-0.3, -0.25) is 9.67 Å². The third-order valence-electron chi connectivity index (χ3n) is 3.55. The van der Waals surface area contributed by atoms with Crippen LogP contribution in [-0.4, -0.2) is 43.4 Å². The first-order chi connectivity index (χ1) is 11.2. The van der Waals surface area contributed by atoms with Gasteiger partial charge in [-0.2, -0.15) is 5.10 Å². The molecule has 2 rings (SSSR count). The fraction of sp³-hybridized carbons (Fsp3) is 0.412. The van der Waals surface area contributed by atoms with E-state index in [0.29, 0.717) is 0 Å². The van der Waals surface area contributed by atoms with Crippen LogP contribution in [0.1, 0.15) is 12.0 Å². The molecular weight excluding hydrogens is 415 g/mol. The predicted octanol–water partition coefficient (Wildman–Crippen LogP) is 2.32. The molecule has 1 aromatic carbocycles. The van der Waals surface area contributed by atoms with Gasteiger partial charge in [0.15, 0.2) is 5.96 Å². The van der Waals surface area contributed by atoms with Crippen LogP contribution >= 0.6 is 24.0 Å². The molecular formula is C17H27IN6. The molecule has 1 heterocycles. The molecule has 0 amide bonds. The summed E-state index contributed by atoms with van der Waals surface area (Å²) in [7, 11) is 5.88. The molecule has 2 aromatic rings. The van der Waals surface area contributed by atoms with Crippen molar-refractivity contribution >= 4 is 35.6 Å². The molecule has 0 saturated heterocycles. The largest absolute Gasteiger partial charge is 0.378 e. The fourth-order valence-electron chi connectivity index (χ4n) is 2.20. The maximum atomic E-state index is 4.25. The summed E-state index contributed by atoms with van der Waals surface area (Å²) in [5, 5.41) is 10.8. The summed E-state index contributed by atoms with van der Waals surface area (Å²) in [4.78, 5) is 6.34. The van der Waals surface area contributed by atoms with E-state index >= 15 is 0 Å². The summed E-state index contributed by atoms with van der Waals surface area (Å²) in [6.07, 6.45) is 4.78. The number of hydrogen-bond acceptors (Lipinski definition) is 3. The molecule has 0 aliphatic rings. The van der Waals surface area contributed by atoms with Gasteiger partial charge in [-0.05, 0) is 30.2 Å². The number of aromatic nitrogens is 2. The van der Waals surface area contributed by atoms with Crippen LogP contribution in [0.2, 0.25) is 0 Å². The SMILES string of the molecule is CN=C(NCCCn1cccn1)NCc1ccc(N(C)C)cc1.I. The van der Waals surface area contributed by atoms with Gasteiger partial charge < -0.3 is 15.5 Å². The van der Waals surface area contributed by atoms with Gasteiger partial charge in [0.05, 0.1) is 0 Å². The van der Waals surface area contributed by atoms with E-state index < -0.39 is 0 Å². The van der Waals surface area contributed by atoms with Gasteiger partial charge in [-0.1, -0.05) is 12.1 Å². The third kappa shape index (κ3) is 6.77. The van der Waals surface area contributed by atoms with Crippen molar-refractivity contribution in [3.8, 4) is 0 Å². The van der Waals surface area contributed by atoms with Crippen LogP contribution in [0.5, 0.6) is 0 Å². The molecule has 7 heteroatoms. The average Bonchev–Trinajstić information content (AvgIpc) is 3.08. The number of nitrogens with one attached hydrogen (secondary N) is 2. The number of aliphatic imine (C=N–C) groups is 1. The van der Waals surface area contributed by atoms with E-state index in [1.54, 1.807) is 13.2 Å². The number of aryl methyl sites for hydroxylation is 1. The summed E-state index contributed by atoms with van der Waals surface area (Å²) in [5.74, 6) is 0.821. The Hall–Kier alpha value is -1.77. The number of benzene rings is 1. The van der Waals surface area contributed by atoms with Gasteiger partial charge in [-0.25, -0.2) is 0 Å². The lowest BCUT2D eigenvalue weighted by Gasteiger charge is -2.14. The van der Waals surface area contributed by atoms with Gasteiger partial charge in [-0.15, -0.1) is 24.0 Å². The van der Waals surface area contributed by atoms with Crippen LogP contribution in [-0.2, 0) is 13.1 Å². The molecule has 0 aliphatic carbocycles. The first-order valence-electron chi connectivity index (χ1n) is 7.87. The molecule has 0 spiro atoms. The van der Waals surface area contributed by atoms with E-state index in [9.17, 15) is 0 Å².